The first-order valence-electron chi connectivity index (χ1n) is 29.5. The first-order valence-corrected chi connectivity index (χ1v) is 29.5. The molecule has 3 aliphatic carbocycles. The first-order chi connectivity index (χ1) is 41.2. The van der Waals surface area contributed by atoms with Crippen LogP contribution in [0.5, 0.6) is 5.75 Å². The van der Waals surface area contributed by atoms with Crippen LogP contribution in [0.4, 0.5) is 34.1 Å². The second-order valence-corrected chi connectivity index (χ2v) is 24.2. The Hall–Kier alpha value is -10.2. The van der Waals surface area contributed by atoms with Crippen molar-refractivity contribution in [3.63, 3.8) is 0 Å². The fourth-order valence-corrected chi connectivity index (χ4v) is 15.0. The van der Waals surface area contributed by atoms with E-state index in [4.69, 9.17) is 9.15 Å². The van der Waals surface area contributed by atoms with Crippen molar-refractivity contribution in [3.05, 3.63) is 295 Å². The van der Waals surface area contributed by atoms with E-state index in [-0.39, 0.29) is 22.9 Å². The molecule has 0 saturated heterocycles. The number of benzene rings is 12. The fourth-order valence-electron chi connectivity index (χ4n) is 15.0. The predicted octanol–water partition coefficient (Wildman–Crippen LogP) is 21.7. The lowest BCUT2D eigenvalue weighted by atomic mass is 9.82. The lowest BCUT2D eigenvalue weighted by Crippen LogP contribution is -2.17. The molecule has 13 aromatic rings. The molecule has 4 aliphatic rings. The van der Waals surface area contributed by atoms with Crippen molar-refractivity contribution in [2.45, 2.75) is 50.5 Å². The summed E-state index contributed by atoms with van der Waals surface area (Å²) in [7, 11) is 0. The summed E-state index contributed by atoms with van der Waals surface area (Å²) < 4.78 is 14.0. The molecule has 2 unspecified atom stereocenters. The fraction of sp³-hybridized carbons (Fsp3) is 0.100. The summed E-state index contributed by atoms with van der Waals surface area (Å²) >= 11 is 0. The molecule has 2 atom stereocenters. The molecule has 12 aromatic carbocycles. The van der Waals surface area contributed by atoms with E-state index in [9.17, 15) is 0 Å². The molecular weight excluding hydrogens is 1020 g/mol. The van der Waals surface area contributed by atoms with E-state index in [2.05, 4.69) is 304 Å². The summed E-state index contributed by atoms with van der Waals surface area (Å²) in [6.07, 6.45) is 8.68. The molecule has 0 saturated carbocycles. The molecule has 0 amide bonds. The Morgan fingerprint density at radius 2 is 0.833 bits per heavy atom. The van der Waals surface area contributed by atoms with E-state index in [1.165, 1.54) is 61.2 Å². The summed E-state index contributed by atoms with van der Waals surface area (Å²) in [5.74, 6) is 1.06. The van der Waals surface area contributed by atoms with Gasteiger partial charge in [-0.25, -0.2) is 0 Å². The molecule has 4 nitrogen and oxygen atoms in total. The third-order valence-electron chi connectivity index (χ3n) is 19.0. The number of rotatable bonds is 8. The van der Waals surface area contributed by atoms with Gasteiger partial charge in [-0.1, -0.05) is 222 Å². The number of para-hydroxylation sites is 3. The highest BCUT2D eigenvalue weighted by Crippen LogP contribution is 2.57. The average molecular weight is 1080 g/mol. The molecule has 0 bridgehead atoms. The Labute approximate surface area is 489 Å². The maximum absolute atomic E-state index is 7.06. The Bertz CT molecular complexity index is 4960. The van der Waals surface area contributed by atoms with Crippen molar-refractivity contribution < 1.29 is 9.15 Å². The zero-order chi connectivity index (χ0) is 56.0. The van der Waals surface area contributed by atoms with Gasteiger partial charge >= 0.3 is 0 Å². The van der Waals surface area contributed by atoms with Crippen LogP contribution in [0.2, 0.25) is 0 Å². The summed E-state index contributed by atoms with van der Waals surface area (Å²) in [6, 6.07) is 90.0. The van der Waals surface area contributed by atoms with Crippen molar-refractivity contribution in [2.75, 3.05) is 9.80 Å². The first kappa shape index (κ1) is 48.5. The van der Waals surface area contributed by atoms with Gasteiger partial charge in [0.1, 0.15) is 17.4 Å². The average Bonchev–Trinajstić information content (AvgIpc) is 3.81. The summed E-state index contributed by atoms with van der Waals surface area (Å²) in [4.78, 5) is 4.89. The minimum absolute atomic E-state index is 0.0679. The van der Waals surface area contributed by atoms with Crippen LogP contribution in [0.25, 0.3) is 88.0 Å². The molecule has 0 radical (unpaired) electrons. The van der Waals surface area contributed by atoms with Crippen LogP contribution in [0.15, 0.2) is 271 Å². The van der Waals surface area contributed by atoms with E-state index in [0.29, 0.717) is 0 Å². The van der Waals surface area contributed by atoms with Crippen molar-refractivity contribution in [1.82, 2.24) is 0 Å². The van der Waals surface area contributed by atoms with E-state index >= 15 is 0 Å². The number of nitrogens with zero attached hydrogens (tertiary/aromatic N) is 2. The minimum Gasteiger partial charge on any atom is -0.483 e. The molecule has 0 spiro atoms. The SMILES string of the molecule is CC1(C)c2ccccc2-c2ccc(N(c3ccc4c(-c5ccccc5)c5cc(N(c6ccc7c(c6)C(C)(C)c6ccccc6-7)c6cccc7c6oc6ccccc67)ccc5c(-c5ccccc5)c4c3)c3cccc4c3OC3C=CC=CC43)cc21. The zero-order valence-electron chi connectivity index (χ0n) is 47.3. The van der Waals surface area contributed by atoms with Crippen LogP contribution in [0, 0.1) is 0 Å². The van der Waals surface area contributed by atoms with E-state index in [0.717, 1.165) is 94.5 Å². The topological polar surface area (TPSA) is 28.9 Å². The number of allylic oxidation sites excluding steroid dienone is 2. The Kier molecular flexibility index (Phi) is 10.5. The van der Waals surface area contributed by atoms with Gasteiger partial charge in [-0.05, 0) is 161 Å². The molecule has 1 aromatic heterocycles. The Morgan fingerprint density at radius 3 is 1.45 bits per heavy atom. The third-order valence-corrected chi connectivity index (χ3v) is 19.0. The van der Waals surface area contributed by atoms with Crippen molar-refractivity contribution in [3.8, 4) is 50.3 Å². The molecule has 1 aliphatic heterocycles. The Morgan fingerprint density at radius 1 is 0.357 bits per heavy atom. The van der Waals surface area contributed by atoms with E-state index in [1.54, 1.807) is 0 Å². The highest BCUT2D eigenvalue weighted by atomic mass is 16.5. The number of anilines is 6. The van der Waals surface area contributed by atoms with Crippen LogP contribution in [-0.4, -0.2) is 6.10 Å². The zero-order valence-corrected chi connectivity index (χ0v) is 47.3. The maximum Gasteiger partial charge on any atom is 0.159 e. The van der Waals surface area contributed by atoms with Gasteiger partial charge in [0.05, 0.1) is 11.4 Å². The van der Waals surface area contributed by atoms with Gasteiger partial charge in [0.2, 0.25) is 0 Å². The van der Waals surface area contributed by atoms with Crippen LogP contribution >= 0.6 is 0 Å². The van der Waals surface area contributed by atoms with Crippen LogP contribution in [0.3, 0.4) is 0 Å². The number of hydrogen-bond acceptors (Lipinski definition) is 4. The maximum atomic E-state index is 7.06. The monoisotopic (exact) mass is 1080 g/mol. The quantitative estimate of drug-likeness (QED) is 0.142. The van der Waals surface area contributed by atoms with Crippen LogP contribution < -0.4 is 14.5 Å². The standard InChI is InChI=1S/C80H58N2O2/c1-79(2)67-31-15-11-25-55(67)57-41-37-53(47-69(57)79)81(71-33-19-29-63-59-27-13-17-35-73(59)83-77(63)71)51-39-43-61-65(45-51)75(49-21-7-5-8-22-49)62-44-40-52(46-66(62)76(61)50-23-9-6-10-24-50)82(72-34-20-30-64-60-28-14-18-36-74(60)84-78(64)72)54-38-42-58-56-26-12-16-32-68(56)80(3,4)70(58)48-54/h5-48,59,73H,1-4H3. The summed E-state index contributed by atoms with van der Waals surface area (Å²) in [5.41, 5.74) is 23.9. The van der Waals surface area contributed by atoms with E-state index < -0.39 is 0 Å². The second kappa shape index (κ2) is 18.2. The second-order valence-electron chi connectivity index (χ2n) is 24.2. The van der Waals surface area contributed by atoms with Crippen LogP contribution in [-0.2, 0) is 10.8 Å². The molecule has 0 fully saturated rings. The highest BCUT2D eigenvalue weighted by molar-refractivity contribution is 6.23. The van der Waals surface area contributed by atoms with Gasteiger partial charge < -0.3 is 19.0 Å². The largest absolute Gasteiger partial charge is 0.483 e. The molecular formula is C80H58N2O2. The molecule has 400 valence electrons. The molecule has 2 heterocycles. The predicted molar refractivity (Wildman–Crippen MR) is 350 cm³/mol. The minimum atomic E-state index is -0.204. The van der Waals surface area contributed by atoms with Crippen molar-refractivity contribution in [2.24, 2.45) is 0 Å². The summed E-state index contributed by atoms with van der Waals surface area (Å²) in [5, 5.41) is 6.83. The molecule has 0 N–H and O–H groups in total. The van der Waals surface area contributed by atoms with Gasteiger partial charge in [-0.15, -0.1) is 0 Å². The van der Waals surface area contributed by atoms with Gasteiger partial charge in [0.15, 0.2) is 5.58 Å². The number of furan rings is 1. The van der Waals surface area contributed by atoms with Gasteiger partial charge in [0, 0.05) is 55.8 Å². The lowest BCUT2D eigenvalue weighted by Gasteiger charge is -2.30. The van der Waals surface area contributed by atoms with Crippen molar-refractivity contribution >= 4 is 77.6 Å². The van der Waals surface area contributed by atoms with Gasteiger partial charge in [-0.3, -0.25) is 0 Å². The molecule has 84 heavy (non-hydrogen) atoms. The third kappa shape index (κ3) is 7.07. The number of ether oxygens (including phenoxy) is 1. The number of hydrogen-bond donors (Lipinski definition) is 0. The molecule has 17 rings (SSSR count). The normalized spacial score (nSPS) is 16.3. The summed E-state index contributed by atoms with van der Waals surface area (Å²) in [6.45, 7) is 9.46. The molecule has 4 heteroatoms. The lowest BCUT2D eigenvalue weighted by molar-refractivity contribution is 0.269. The van der Waals surface area contributed by atoms with Crippen LogP contribution in [0.1, 0.15) is 61.4 Å². The van der Waals surface area contributed by atoms with E-state index in [1.807, 2.05) is 0 Å². The smallest absolute Gasteiger partial charge is 0.159 e. The Balaban J connectivity index is 0.927. The highest BCUT2D eigenvalue weighted by Gasteiger charge is 2.39. The van der Waals surface area contributed by atoms with Gasteiger partial charge in [0.25, 0.3) is 0 Å². The van der Waals surface area contributed by atoms with Crippen molar-refractivity contribution in [1.29, 1.82) is 0 Å². The number of fused-ring (bicyclic) bond motifs is 14. The van der Waals surface area contributed by atoms with Gasteiger partial charge in [-0.2, -0.15) is 0 Å².